The molecule has 0 radical (unpaired) electrons. The Morgan fingerprint density at radius 1 is 0.507 bits per heavy atom. The molecule has 6 N–H and O–H groups in total. The van der Waals surface area contributed by atoms with Gasteiger partial charge in [0.15, 0.2) is 11.5 Å². The summed E-state index contributed by atoms with van der Waals surface area (Å²) in [4.78, 5) is 7.79. The molecular formula is C41H30N9Na3O13S3. The number of azo groups is 3. The molecule has 7 aromatic carbocycles. The van der Waals surface area contributed by atoms with Gasteiger partial charge >= 0.3 is 88.7 Å². The molecule has 0 saturated heterocycles. The number of nitrogen functional groups attached to an aromatic ring is 2. The van der Waals surface area contributed by atoms with Gasteiger partial charge in [0.05, 0.1) is 53.1 Å². The largest absolute Gasteiger partial charge is 1.00 e. The summed E-state index contributed by atoms with van der Waals surface area (Å²) in [6, 6.07) is 19.6. The van der Waals surface area contributed by atoms with E-state index in [0.717, 1.165) is 12.1 Å². The van der Waals surface area contributed by atoms with Crippen molar-refractivity contribution >= 4 is 103 Å². The van der Waals surface area contributed by atoms with Crippen LogP contribution < -0.4 is 100 Å². The van der Waals surface area contributed by atoms with Gasteiger partial charge in [0, 0.05) is 23.2 Å². The second-order valence-corrected chi connectivity index (χ2v) is 18.6. The molecular weight excluding hydrogens is 992 g/mol. The molecule has 338 valence electrons. The van der Waals surface area contributed by atoms with Crippen LogP contribution in [0.15, 0.2) is 136 Å². The predicted molar refractivity (Wildman–Crippen MR) is 236 cm³/mol. The molecule has 0 amide bonds. The fourth-order valence-corrected chi connectivity index (χ4v) is 8.81. The van der Waals surface area contributed by atoms with E-state index in [0.29, 0.717) is 45.6 Å². The minimum Gasteiger partial charge on any atom is -0.744 e. The summed E-state index contributed by atoms with van der Waals surface area (Å²) in [5.41, 5.74) is 12.7. The SMILES string of the molecule is Cc1cc(-c2ccc(N=Nc3c(S(=O)(=O)[O-])cc4cc(S(=O)(=O)[O-])c(N=Nc5cc([N+](=O)[O-])ccc5C)c(N)c4c3O)c(C)c2)ccc1N=Nc1ccc2c(S(=O)(=O)[O-])ccc(N)c2c1O.[Na+].[Na+].[Na+]. The minimum absolute atomic E-state index is 0. The van der Waals surface area contributed by atoms with Gasteiger partial charge in [-0.2, -0.15) is 10.2 Å². The summed E-state index contributed by atoms with van der Waals surface area (Å²) in [5.74, 6) is -1.53. The van der Waals surface area contributed by atoms with Crippen LogP contribution in [0.5, 0.6) is 11.5 Å². The summed E-state index contributed by atoms with van der Waals surface area (Å²) in [7, 11) is -15.8. The fraction of sp³-hybridized carbons (Fsp3) is 0.0732. The van der Waals surface area contributed by atoms with Crippen molar-refractivity contribution in [2.24, 2.45) is 30.7 Å². The Bertz CT molecular complexity index is 3710. The van der Waals surface area contributed by atoms with Gasteiger partial charge in [0.25, 0.3) is 5.69 Å². The molecule has 28 heteroatoms. The van der Waals surface area contributed by atoms with Gasteiger partial charge in [0.2, 0.25) is 0 Å². The van der Waals surface area contributed by atoms with Crippen molar-refractivity contribution in [3.05, 3.63) is 118 Å². The van der Waals surface area contributed by atoms with E-state index in [1.807, 2.05) is 0 Å². The number of nitro benzene ring substituents is 1. The van der Waals surface area contributed by atoms with E-state index < -0.39 is 89.3 Å². The zero-order valence-electron chi connectivity index (χ0n) is 37.1. The Morgan fingerprint density at radius 2 is 0.986 bits per heavy atom. The first kappa shape index (κ1) is 56.8. The Morgan fingerprint density at radius 3 is 1.51 bits per heavy atom. The van der Waals surface area contributed by atoms with E-state index in [-0.39, 0.29) is 128 Å². The number of hydrogen-bond acceptors (Lipinski definition) is 21. The third-order valence-electron chi connectivity index (χ3n) is 10.2. The number of aromatic hydroxyl groups is 2. The van der Waals surface area contributed by atoms with Gasteiger partial charge in [-0.3, -0.25) is 10.1 Å². The van der Waals surface area contributed by atoms with Crippen molar-refractivity contribution in [3.8, 4) is 22.6 Å². The van der Waals surface area contributed by atoms with Crippen molar-refractivity contribution in [1.29, 1.82) is 0 Å². The first-order valence-electron chi connectivity index (χ1n) is 18.6. The average Bonchev–Trinajstić information content (AvgIpc) is 3.22. The molecule has 0 aliphatic heterocycles. The van der Waals surface area contributed by atoms with E-state index in [4.69, 9.17) is 11.5 Å². The standard InChI is InChI=1S/C41H33N9O13S3.3Na/c1-19-4-7-25(50(53)54)18-31(19)47-48-38-33(65(58,59)60)16-24-17-34(66(61,62)63)39(41(52)35(24)37(38)43)49-45-29-11-6-23(15-21(29)3)22-5-10-28(20(2)14-22)44-46-30-12-8-26-32(64(55,56)57)13-9-27(42)36(26)40(30)51;;;/h4-18,51-52H,42-43H2,1-3H3,(H,55,56,57)(H,58,59,60)(H,61,62,63);;;/q;3*+1/p-3. The topological polar surface area (TPSA) is 381 Å². The zero-order valence-corrected chi connectivity index (χ0v) is 45.5. The monoisotopic (exact) mass is 1020 g/mol. The molecule has 0 atom stereocenters. The molecule has 0 fully saturated rings. The molecule has 22 nitrogen and oxygen atoms in total. The minimum atomic E-state index is -5.48. The summed E-state index contributed by atoms with van der Waals surface area (Å²) < 4.78 is 110. The Balaban J connectivity index is 0.00000346. The second kappa shape index (κ2) is 21.7. The molecule has 0 aliphatic carbocycles. The maximum Gasteiger partial charge on any atom is 1.00 e. The smallest absolute Gasteiger partial charge is 0.744 e. The number of hydrogen-bond donors (Lipinski definition) is 4. The zero-order chi connectivity index (χ0) is 48.2. The normalized spacial score (nSPS) is 12.1. The molecule has 0 bridgehead atoms. The first-order valence-corrected chi connectivity index (χ1v) is 22.8. The number of phenols is 2. The number of aryl methyl sites for hydroxylation is 3. The van der Waals surface area contributed by atoms with Crippen molar-refractivity contribution in [2.75, 3.05) is 11.5 Å². The molecule has 7 rings (SSSR count). The Hall–Kier alpha value is -4.81. The molecule has 0 spiro atoms. The number of non-ortho nitro benzene ring substituents is 1. The van der Waals surface area contributed by atoms with E-state index in [2.05, 4.69) is 30.7 Å². The number of nitro groups is 1. The van der Waals surface area contributed by atoms with Gasteiger partial charge in [-0.1, -0.05) is 24.3 Å². The van der Waals surface area contributed by atoms with Crippen molar-refractivity contribution in [1.82, 2.24) is 0 Å². The van der Waals surface area contributed by atoms with Crippen molar-refractivity contribution < 1.29 is 143 Å². The molecule has 7 aromatic rings. The summed E-state index contributed by atoms with van der Waals surface area (Å²) in [6.45, 7) is 4.90. The second-order valence-electron chi connectivity index (χ2n) is 14.5. The van der Waals surface area contributed by atoms with Crippen LogP contribution >= 0.6 is 0 Å². The Labute approximate surface area is 459 Å². The number of rotatable bonds is 11. The number of nitrogens with two attached hydrogens (primary N) is 2. The molecule has 0 heterocycles. The van der Waals surface area contributed by atoms with Crippen LogP contribution in [0.1, 0.15) is 16.7 Å². The van der Waals surface area contributed by atoms with E-state index in [9.17, 15) is 59.2 Å². The summed E-state index contributed by atoms with van der Waals surface area (Å²) >= 11 is 0. The molecule has 0 unspecified atom stereocenters. The van der Waals surface area contributed by atoms with Crippen LogP contribution in [-0.2, 0) is 30.4 Å². The quantitative estimate of drug-likeness (QED) is 0.0332. The first-order chi connectivity index (χ1) is 30.8. The van der Waals surface area contributed by atoms with Crippen LogP contribution in [0, 0.1) is 30.9 Å². The van der Waals surface area contributed by atoms with Gasteiger partial charge in [0.1, 0.15) is 47.4 Å². The predicted octanol–water partition coefficient (Wildman–Crippen LogP) is 0.0396. The number of benzene rings is 7. The summed E-state index contributed by atoms with van der Waals surface area (Å²) in [5, 5.41) is 56.5. The van der Waals surface area contributed by atoms with Gasteiger partial charge in [-0.25, -0.2) is 25.3 Å². The van der Waals surface area contributed by atoms with Crippen LogP contribution in [-0.4, -0.2) is 54.0 Å². The fourth-order valence-electron chi connectivity index (χ4n) is 6.84. The third kappa shape index (κ3) is 11.9. The van der Waals surface area contributed by atoms with Crippen LogP contribution in [0.3, 0.4) is 0 Å². The van der Waals surface area contributed by atoms with Gasteiger partial charge < -0.3 is 35.3 Å². The van der Waals surface area contributed by atoms with Crippen LogP contribution in [0.4, 0.5) is 51.2 Å². The van der Waals surface area contributed by atoms with Crippen molar-refractivity contribution in [3.63, 3.8) is 0 Å². The third-order valence-corrected chi connectivity index (χ3v) is 12.8. The van der Waals surface area contributed by atoms with Crippen molar-refractivity contribution in [2.45, 2.75) is 35.5 Å². The number of phenolic OH excluding ortho intramolecular Hbond substituents is 2. The van der Waals surface area contributed by atoms with E-state index in [1.165, 1.54) is 43.3 Å². The molecule has 0 saturated carbocycles. The van der Waals surface area contributed by atoms with Crippen LogP contribution in [0.2, 0.25) is 0 Å². The summed E-state index contributed by atoms with van der Waals surface area (Å²) in [6.07, 6.45) is 0. The number of fused-ring (bicyclic) bond motifs is 2. The molecule has 69 heavy (non-hydrogen) atoms. The van der Waals surface area contributed by atoms with E-state index in [1.54, 1.807) is 44.2 Å². The molecule has 0 aromatic heterocycles. The Kier molecular flexibility index (Phi) is 17.8. The van der Waals surface area contributed by atoms with Crippen LogP contribution in [0.25, 0.3) is 32.7 Å². The maximum absolute atomic E-state index is 12.5. The maximum atomic E-state index is 12.5. The van der Waals surface area contributed by atoms with E-state index >= 15 is 0 Å². The van der Waals surface area contributed by atoms with Gasteiger partial charge in [-0.05, 0) is 109 Å². The number of nitrogens with zero attached hydrogens (tertiary/aromatic N) is 7. The number of anilines is 2. The average molecular weight is 1020 g/mol. The molecule has 0 aliphatic rings. The van der Waals surface area contributed by atoms with Gasteiger partial charge in [-0.15, -0.1) is 20.5 Å².